The number of carbonyl (C=O) groups is 1. The van der Waals surface area contributed by atoms with Crippen molar-refractivity contribution in [1.82, 2.24) is 9.88 Å². The minimum Gasteiger partial charge on any atom is -0.444 e. The Kier molecular flexibility index (Phi) is 4.84. The molecule has 2 aromatic rings. The first kappa shape index (κ1) is 17.9. The third-order valence-corrected chi connectivity index (χ3v) is 4.42. The van der Waals surface area contributed by atoms with Crippen LogP contribution in [0.4, 0.5) is 4.79 Å². The molecule has 1 amide bonds. The standard InChI is InChI=1S/C19H21BrN2O3/c1-19(2,3)25-18(24)22-10-13-8-16(21-9-14(13)11-22)17(23)12-5-4-6-15(20)7-12/h4-9,17,23H,10-11H2,1-3H3. The number of ether oxygens (including phenoxy) is 1. The Bertz CT molecular complexity index is 801. The molecular formula is C19H21BrN2O3. The van der Waals surface area contributed by atoms with Gasteiger partial charge >= 0.3 is 6.09 Å². The Morgan fingerprint density at radius 1 is 1.28 bits per heavy atom. The fourth-order valence-corrected chi connectivity index (χ4v) is 3.17. The molecule has 1 aliphatic rings. The fraction of sp³-hybridized carbons (Fsp3) is 0.368. The van der Waals surface area contributed by atoms with Crippen molar-refractivity contribution in [2.24, 2.45) is 0 Å². The van der Waals surface area contributed by atoms with E-state index in [4.69, 9.17) is 4.74 Å². The Hall–Kier alpha value is -1.92. The van der Waals surface area contributed by atoms with E-state index in [1.165, 1.54) is 0 Å². The minimum absolute atomic E-state index is 0.335. The number of nitrogens with zero attached hydrogens (tertiary/aromatic N) is 2. The van der Waals surface area contributed by atoms with Gasteiger partial charge in [0.05, 0.1) is 12.2 Å². The van der Waals surface area contributed by atoms with Crippen molar-refractivity contribution < 1.29 is 14.6 Å². The van der Waals surface area contributed by atoms with Crippen LogP contribution in [0.2, 0.25) is 0 Å². The number of hydrogen-bond donors (Lipinski definition) is 1. The van der Waals surface area contributed by atoms with E-state index in [9.17, 15) is 9.90 Å². The first-order valence-corrected chi connectivity index (χ1v) is 8.91. The van der Waals surface area contributed by atoms with Crippen LogP contribution in [0.1, 0.15) is 49.3 Å². The maximum absolute atomic E-state index is 12.2. The Morgan fingerprint density at radius 3 is 2.68 bits per heavy atom. The first-order valence-electron chi connectivity index (χ1n) is 8.12. The van der Waals surface area contributed by atoms with E-state index >= 15 is 0 Å². The van der Waals surface area contributed by atoms with Gasteiger partial charge in [-0.1, -0.05) is 28.1 Å². The molecule has 1 N–H and O–H groups in total. The lowest BCUT2D eigenvalue weighted by atomic mass is 10.0. The van der Waals surface area contributed by atoms with E-state index in [2.05, 4.69) is 20.9 Å². The molecule has 0 saturated heterocycles. The minimum atomic E-state index is -0.807. The molecule has 1 atom stereocenters. The zero-order valence-electron chi connectivity index (χ0n) is 14.5. The number of aliphatic hydroxyl groups excluding tert-OH is 1. The van der Waals surface area contributed by atoms with Gasteiger partial charge in [-0.3, -0.25) is 9.88 Å². The highest BCUT2D eigenvalue weighted by Gasteiger charge is 2.28. The Labute approximate surface area is 155 Å². The predicted molar refractivity (Wildman–Crippen MR) is 97.9 cm³/mol. The first-order chi connectivity index (χ1) is 11.7. The zero-order valence-corrected chi connectivity index (χ0v) is 16.1. The van der Waals surface area contributed by atoms with Gasteiger partial charge in [0.25, 0.3) is 0 Å². The number of pyridine rings is 1. The quantitative estimate of drug-likeness (QED) is 0.815. The highest BCUT2D eigenvalue weighted by Crippen LogP contribution is 2.29. The second kappa shape index (κ2) is 6.77. The highest BCUT2D eigenvalue weighted by atomic mass is 79.9. The average Bonchev–Trinajstić information content (AvgIpc) is 2.96. The van der Waals surface area contributed by atoms with Crippen LogP contribution in [0, 0.1) is 0 Å². The van der Waals surface area contributed by atoms with Crippen molar-refractivity contribution in [3.05, 3.63) is 63.4 Å². The largest absolute Gasteiger partial charge is 0.444 e. The molecule has 0 saturated carbocycles. The highest BCUT2D eigenvalue weighted by molar-refractivity contribution is 9.10. The van der Waals surface area contributed by atoms with E-state index in [0.29, 0.717) is 18.8 Å². The molecular weight excluding hydrogens is 384 g/mol. The Morgan fingerprint density at radius 2 is 2.00 bits per heavy atom. The summed E-state index contributed by atoms with van der Waals surface area (Å²) >= 11 is 3.41. The van der Waals surface area contributed by atoms with E-state index in [1.807, 2.05) is 51.1 Å². The van der Waals surface area contributed by atoms with Crippen LogP contribution >= 0.6 is 15.9 Å². The van der Waals surface area contributed by atoms with Crippen LogP contribution in [-0.2, 0) is 17.8 Å². The normalized spacial score (nSPS) is 15.0. The molecule has 132 valence electrons. The lowest BCUT2D eigenvalue weighted by Gasteiger charge is -2.24. The Balaban J connectivity index is 1.77. The van der Waals surface area contributed by atoms with Gasteiger partial charge < -0.3 is 9.84 Å². The summed E-state index contributed by atoms with van der Waals surface area (Å²) in [5.41, 5.74) is 2.79. The lowest BCUT2D eigenvalue weighted by Crippen LogP contribution is -2.33. The molecule has 1 aromatic heterocycles. The molecule has 0 fully saturated rings. The number of rotatable bonds is 2. The molecule has 0 bridgehead atoms. The third kappa shape index (κ3) is 4.19. The zero-order chi connectivity index (χ0) is 18.2. The van der Waals surface area contributed by atoms with Gasteiger partial charge in [-0.05, 0) is 55.7 Å². The molecule has 1 unspecified atom stereocenters. The van der Waals surface area contributed by atoms with Crippen LogP contribution in [0.5, 0.6) is 0 Å². The van der Waals surface area contributed by atoms with Gasteiger partial charge in [-0.15, -0.1) is 0 Å². The topological polar surface area (TPSA) is 62.7 Å². The van der Waals surface area contributed by atoms with Gasteiger partial charge in [0.2, 0.25) is 0 Å². The summed E-state index contributed by atoms with van der Waals surface area (Å²) in [6.07, 6.45) is 0.590. The number of amides is 1. The van der Waals surface area contributed by atoms with Crippen LogP contribution in [0.25, 0.3) is 0 Å². The van der Waals surface area contributed by atoms with Crippen LogP contribution in [0.15, 0.2) is 41.0 Å². The number of fused-ring (bicyclic) bond motifs is 1. The molecule has 25 heavy (non-hydrogen) atoms. The molecule has 6 heteroatoms. The molecule has 0 spiro atoms. The monoisotopic (exact) mass is 404 g/mol. The maximum atomic E-state index is 12.2. The number of hydrogen-bond acceptors (Lipinski definition) is 4. The van der Waals surface area contributed by atoms with E-state index < -0.39 is 11.7 Å². The van der Waals surface area contributed by atoms with Crippen molar-refractivity contribution in [2.45, 2.75) is 45.6 Å². The van der Waals surface area contributed by atoms with Crippen molar-refractivity contribution in [1.29, 1.82) is 0 Å². The van der Waals surface area contributed by atoms with Gasteiger partial charge in [-0.2, -0.15) is 0 Å². The maximum Gasteiger partial charge on any atom is 0.410 e. The van der Waals surface area contributed by atoms with Gasteiger partial charge in [0, 0.05) is 17.2 Å². The second-order valence-corrected chi connectivity index (χ2v) is 8.09. The molecule has 0 radical (unpaired) electrons. The average molecular weight is 405 g/mol. The van der Waals surface area contributed by atoms with Crippen molar-refractivity contribution in [3.8, 4) is 0 Å². The number of aliphatic hydroxyl groups is 1. The summed E-state index contributed by atoms with van der Waals surface area (Å²) in [5.74, 6) is 0. The number of benzene rings is 1. The van der Waals surface area contributed by atoms with E-state index in [1.54, 1.807) is 11.1 Å². The molecule has 3 rings (SSSR count). The van der Waals surface area contributed by atoms with Crippen molar-refractivity contribution in [2.75, 3.05) is 0 Å². The van der Waals surface area contributed by atoms with Crippen LogP contribution in [0.3, 0.4) is 0 Å². The number of halogens is 1. The van der Waals surface area contributed by atoms with Gasteiger partial charge in [0.15, 0.2) is 0 Å². The molecule has 5 nitrogen and oxygen atoms in total. The van der Waals surface area contributed by atoms with Crippen molar-refractivity contribution >= 4 is 22.0 Å². The van der Waals surface area contributed by atoms with Crippen LogP contribution in [-0.4, -0.2) is 26.7 Å². The summed E-state index contributed by atoms with van der Waals surface area (Å²) in [6.45, 7) is 6.49. The van der Waals surface area contributed by atoms with Gasteiger partial charge in [0.1, 0.15) is 11.7 Å². The smallest absolute Gasteiger partial charge is 0.410 e. The predicted octanol–water partition coefficient (Wildman–Crippen LogP) is 4.18. The number of carbonyl (C=O) groups excluding carboxylic acids is 1. The lowest BCUT2D eigenvalue weighted by molar-refractivity contribution is 0.0242. The third-order valence-electron chi connectivity index (χ3n) is 3.92. The summed E-state index contributed by atoms with van der Waals surface area (Å²) in [7, 11) is 0. The summed E-state index contributed by atoms with van der Waals surface area (Å²) in [4.78, 5) is 18.3. The number of aromatic nitrogens is 1. The molecule has 2 heterocycles. The summed E-state index contributed by atoms with van der Waals surface area (Å²) in [6, 6.07) is 9.38. The summed E-state index contributed by atoms with van der Waals surface area (Å²) < 4.78 is 6.33. The van der Waals surface area contributed by atoms with Gasteiger partial charge in [-0.25, -0.2) is 4.79 Å². The summed E-state index contributed by atoms with van der Waals surface area (Å²) in [5, 5.41) is 10.6. The van der Waals surface area contributed by atoms with Crippen LogP contribution < -0.4 is 0 Å². The second-order valence-electron chi connectivity index (χ2n) is 7.17. The van der Waals surface area contributed by atoms with Crippen molar-refractivity contribution in [3.63, 3.8) is 0 Å². The SMILES string of the molecule is CC(C)(C)OC(=O)N1Cc2cnc(C(O)c3cccc(Br)c3)cc2C1. The fourth-order valence-electron chi connectivity index (χ4n) is 2.75. The van der Waals surface area contributed by atoms with E-state index in [-0.39, 0.29) is 6.09 Å². The van der Waals surface area contributed by atoms with E-state index in [0.717, 1.165) is 21.2 Å². The molecule has 1 aliphatic heterocycles. The molecule has 1 aromatic carbocycles. The molecule has 0 aliphatic carbocycles.